The number of aryl methyl sites for hydroxylation is 1. The number of aromatic amines is 1. The number of hydrogen-bond donors (Lipinski definition) is 1. The van der Waals surface area contributed by atoms with Gasteiger partial charge in [-0.2, -0.15) is 5.10 Å². The number of nitrogens with one attached hydrogen (secondary N) is 1. The molecule has 1 N–H and O–H groups in total. The van der Waals surface area contributed by atoms with Crippen molar-refractivity contribution in [2.24, 2.45) is 0 Å². The lowest BCUT2D eigenvalue weighted by atomic mass is 9.93. The first-order valence-electron chi connectivity index (χ1n) is 11.1. The van der Waals surface area contributed by atoms with Crippen LogP contribution in [0.4, 0.5) is 0 Å². The van der Waals surface area contributed by atoms with Crippen molar-refractivity contribution in [2.45, 2.75) is 38.8 Å². The maximum absolute atomic E-state index is 13.3. The minimum Gasteiger partial charge on any atom is -0.497 e. The first-order valence-corrected chi connectivity index (χ1v) is 11.1. The summed E-state index contributed by atoms with van der Waals surface area (Å²) in [6.45, 7) is 3.91. The summed E-state index contributed by atoms with van der Waals surface area (Å²) in [5.41, 5.74) is 5.44. The van der Waals surface area contributed by atoms with Gasteiger partial charge in [0.05, 0.1) is 31.6 Å². The van der Waals surface area contributed by atoms with Gasteiger partial charge in [0.25, 0.3) is 0 Å². The van der Waals surface area contributed by atoms with Gasteiger partial charge in [-0.3, -0.25) is 19.8 Å². The highest BCUT2D eigenvalue weighted by molar-refractivity contribution is 5.79. The van der Waals surface area contributed by atoms with E-state index in [4.69, 9.17) is 4.74 Å². The van der Waals surface area contributed by atoms with Gasteiger partial charge in [0, 0.05) is 31.0 Å². The number of piperidine rings is 1. The quantitative estimate of drug-likeness (QED) is 0.610. The number of likely N-dealkylation sites (tertiary alicyclic amines) is 1. The van der Waals surface area contributed by atoms with E-state index in [1.54, 1.807) is 13.3 Å². The third-order valence-electron chi connectivity index (χ3n) is 6.15. The molecular formula is C25H31N5O2. The van der Waals surface area contributed by atoms with Gasteiger partial charge in [-0.05, 0) is 68.1 Å². The molecule has 2 aromatic heterocycles. The molecule has 7 nitrogen and oxygen atoms in total. The molecule has 32 heavy (non-hydrogen) atoms. The second-order valence-electron chi connectivity index (χ2n) is 8.51. The van der Waals surface area contributed by atoms with Crippen molar-refractivity contribution in [3.05, 3.63) is 65.7 Å². The fraction of sp³-hybridized carbons (Fsp3) is 0.400. The first-order chi connectivity index (χ1) is 15.6. The fourth-order valence-corrected chi connectivity index (χ4v) is 4.49. The van der Waals surface area contributed by atoms with Crippen LogP contribution < -0.4 is 4.74 Å². The third-order valence-corrected chi connectivity index (χ3v) is 6.15. The monoisotopic (exact) mass is 433 g/mol. The van der Waals surface area contributed by atoms with Crippen molar-refractivity contribution >= 4 is 5.91 Å². The second kappa shape index (κ2) is 9.96. The van der Waals surface area contributed by atoms with E-state index in [2.05, 4.69) is 27.0 Å². The van der Waals surface area contributed by atoms with Crippen molar-refractivity contribution in [1.29, 1.82) is 0 Å². The van der Waals surface area contributed by atoms with Crippen molar-refractivity contribution in [3.63, 3.8) is 0 Å². The number of carbonyl (C=O) groups is 1. The smallest absolute Gasteiger partial charge is 0.237 e. The van der Waals surface area contributed by atoms with E-state index in [9.17, 15) is 4.79 Å². The number of benzene rings is 1. The summed E-state index contributed by atoms with van der Waals surface area (Å²) in [6.07, 6.45) is 8.60. The van der Waals surface area contributed by atoms with E-state index >= 15 is 0 Å². The summed E-state index contributed by atoms with van der Waals surface area (Å²) in [5, 5.41) is 7.54. The van der Waals surface area contributed by atoms with E-state index in [1.807, 2.05) is 54.7 Å². The normalized spacial score (nSPS) is 16.4. The van der Waals surface area contributed by atoms with Crippen molar-refractivity contribution < 1.29 is 9.53 Å². The summed E-state index contributed by atoms with van der Waals surface area (Å²) in [5.74, 6) is 0.987. The molecule has 1 aliphatic rings. The van der Waals surface area contributed by atoms with Gasteiger partial charge < -0.3 is 9.64 Å². The van der Waals surface area contributed by atoms with Crippen molar-refractivity contribution in [3.8, 4) is 16.9 Å². The Kier molecular flexibility index (Phi) is 6.85. The Morgan fingerprint density at radius 2 is 2.00 bits per heavy atom. The largest absolute Gasteiger partial charge is 0.497 e. The average Bonchev–Trinajstić information content (AvgIpc) is 3.29. The highest BCUT2D eigenvalue weighted by atomic mass is 16.5. The average molecular weight is 434 g/mol. The summed E-state index contributed by atoms with van der Waals surface area (Å²) < 4.78 is 5.23. The van der Waals surface area contributed by atoms with Crippen LogP contribution in [-0.4, -0.2) is 58.1 Å². The molecule has 168 valence electrons. The fourth-order valence-electron chi connectivity index (χ4n) is 4.49. The lowest BCUT2D eigenvalue weighted by molar-refractivity contribution is -0.136. The number of methoxy groups -OCH3 is 1. The minimum absolute atomic E-state index is 0.00991. The van der Waals surface area contributed by atoms with Gasteiger partial charge in [0.1, 0.15) is 5.75 Å². The lowest BCUT2D eigenvalue weighted by Crippen LogP contribution is -2.43. The Bertz CT molecular complexity index is 1050. The number of rotatable bonds is 7. The maximum atomic E-state index is 13.3. The van der Waals surface area contributed by atoms with Crippen LogP contribution in [0.5, 0.6) is 5.75 Å². The van der Waals surface area contributed by atoms with E-state index in [1.165, 1.54) is 0 Å². The minimum atomic E-state index is 0.00991. The van der Waals surface area contributed by atoms with Crippen LogP contribution in [0.15, 0.2) is 48.9 Å². The van der Waals surface area contributed by atoms with Crippen LogP contribution in [0.1, 0.15) is 42.1 Å². The number of ether oxygens (including phenoxy) is 1. The maximum Gasteiger partial charge on any atom is 0.237 e. The molecule has 0 bridgehead atoms. The molecule has 1 aliphatic heterocycles. The van der Waals surface area contributed by atoms with Gasteiger partial charge in [0.2, 0.25) is 5.91 Å². The van der Waals surface area contributed by atoms with Gasteiger partial charge in [-0.25, -0.2) is 0 Å². The molecule has 1 unspecified atom stereocenters. The molecule has 0 radical (unpaired) electrons. The number of nitrogens with zero attached hydrogens (tertiary/aromatic N) is 4. The Morgan fingerprint density at radius 3 is 2.75 bits per heavy atom. The van der Waals surface area contributed by atoms with E-state index in [0.29, 0.717) is 13.1 Å². The molecule has 7 heteroatoms. The number of H-pyrrole nitrogens is 1. The Morgan fingerprint density at radius 1 is 1.19 bits per heavy atom. The number of aromatic nitrogens is 3. The van der Waals surface area contributed by atoms with Crippen LogP contribution in [0.3, 0.4) is 0 Å². The van der Waals surface area contributed by atoms with E-state index < -0.39 is 0 Å². The highest BCUT2D eigenvalue weighted by Gasteiger charge is 2.31. The molecule has 1 saturated heterocycles. The van der Waals surface area contributed by atoms with E-state index in [-0.39, 0.29) is 11.9 Å². The predicted octanol–water partition coefficient (Wildman–Crippen LogP) is 3.97. The van der Waals surface area contributed by atoms with Gasteiger partial charge >= 0.3 is 0 Å². The molecular weight excluding hydrogens is 402 g/mol. The van der Waals surface area contributed by atoms with Gasteiger partial charge in [-0.15, -0.1) is 0 Å². The molecule has 3 aromatic rings. The third kappa shape index (κ3) is 4.83. The Hall–Kier alpha value is -3.19. The first kappa shape index (κ1) is 22.0. The van der Waals surface area contributed by atoms with Crippen LogP contribution in [0.2, 0.25) is 0 Å². The number of likely N-dealkylation sites (N-methyl/N-ethyl adjacent to an activating group) is 1. The summed E-state index contributed by atoms with van der Waals surface area (Å²) in [7, 11) is 3.65. The predicted molar refractivity (Wildman–Crippen MR) is 124 cm³/mol. The molecule has 0 saturated carbocycles. The standard InChI is InChI=1S/C25H31N5O2/c1-18-14-26-12-11-21(18)22-15-27-28-25(22)23-6-4-5-13-30(23)24(31)17-29(2)16-19-7-9-20(32-3)10-8-19/h7-12,14-15,23H,4-6,13,16-17H2,1-3H3,(H,27,28). The van der Waals surface area contributed by atoms with Gasteiger partial charge in [-0.1, -0.05) is 12.1 Å². The van der Waals surface area contributed by atoms with E-state index in [0.717, 1.165) is 59.5 Å². The summed E-state index contributed by atoms with van der Waals surface area (Å²) in [4.78, 5) is 21.6. The Labute approximate surface area is 189 Å². The molecule has 3 heterocycles. The van der Waals surface area contributed by atoms with Gasteiger partial charge in [0.15, 0.2) is 0 Å². The molecule has 0 aliphatic carbocycles. The SMILES string of the molecule is COc1ccc(CN(C)CC(=O)N2CCCCC2c2[nH]ncc2-c2ccncc2C)cc1. The molecule has 1 atom stereocenters. The zero-order valence-corrected chi connectivity index (χ0v) is 19.0. The molecule has 1 fully saturated rings. The second-order valence-corrected chi connectivity index (χ2v) is 8.51. The van der Waals surface area contributed by atoms with Crippen LogP contribution in [0, 0.1) is 6.92 Å². The van der Waals surface area contributed by atoms with Crippen LogP contribution in [0.25, 0.3) is 11.1 Å². The molecule has 1 amide bonds. The van der Waals surface area contributed by atoms with Crippen LogP contribution in [-0.2, 0) is 11.3 Å². The van der Waals surface area contributed by atoms with Crippen LogP contribution >= 0.6 is 0 Å². The van der Waals surface area contributed by atoms with Crippen molar-refractivity contribution in [1.82, 2.24) is 25.0 Å². The molecule has 4 rings (SSSR count). The number of hydrogen-bond acceptors (Lipinski definition) is 5. The Balaban J connectivity index is 1.48. The number of amides is 1. The van der Waals surface area contributed by atoms with Crippen molar-refractivity contribution in [2.75, 3.05) is 27.2 Å². The zero-order chi connectivity index (χ0) is 22.5. The molecule has 1 aromatic carbocycles. The topological polar surface area (TPSA) is 74.3 Å². The zero-order valence-electron chi connectivity index (χ0n) is 19.0. The summed E-state index contributed by atoms with van der Waals surface area (Å²) in [6, 6.07) is 10.0. The number of carbonyl (C=O) groups excluding carboxylic acids is 1. The molecule has 0 spiro atoms. The summed E-state index contributed by atoms with van der Waals surface area (Å²) >= 11 is 0. The number of pyridine rings is 1. The lowest BCUT2D eigenvalue weighted by Gasteiger charge is -2.36. The highest BCUT2D eigenvalue weighted by Crippen LogP contribution is 2.36.